The van der Waals surface area contributed by atoms with Gasteiger partial charge in [-0.15, -0.1) is 0 Å². The predicted molar refractivity (Wildman–Crippen MR) is 108 cm³/mol. The van der Waals surface area contributed by atoms with Gasteiger partial charge in [-0.25, -0.2) is 9.97 Å². The number of anilines is 1. The first-order valence-electron chi connectivity index (χ1n) is 8.37. The fraction of sp³-hybridized carbons (Fsp3) is 0.0500. The van der Waals surface area contributed by atoms with E-state index < -0.39 is 0 Å². The van der Waals surface area contributed by atoms with Crippen LogP contribution in [0.2, 0.25) is 5.02 Å². The average Bonchev–Trinajstić information content (AvgIpc) is 2.68. The van der Waals surface area contributed by atoms with E-state index in [-0.39, 0.29) is 28.7 Å². The van der Waals surface area contributed by atoms with Crippen molar-refractivity contribution in [3.63, 3.8) is 0 Å². The maximum Gasteiger partial charge on any atom is 0.256 e. The van der Waals surface area contributed by atoms with E-state index in [2.05, 4.69) is 15.0 Å². The number of ketones is 1. The number of rotatable bonds is 3. The van der Waals surface area contributed by atoms with Gasteiger partial charge in [0.25, 0.3) is 5.56 Å². The van der Waals surface area contributed by atoms with Crippen LogP contribution in [-0.4, -0.2) is 25.3 Å². The summed E-state index contributed by atoms with van der Waals surface area (Å²) in [6.45, 7) is 1.36. The molecule has 138 valence electrons. The third-order valence-electron chi connectivity index (χ3n) is 4.22. The van der Waals surface area contributed by atoms with Crippen LogP contribution in [0.5, 0.6) is 0 Å². The second-order valence-corrected chi connectivity index (χ2v) is 6.54. The summed E-state index contributed by atoms with van der Waals surface area (Å²) in [5.74, 6) is -0.158. The van der Waals surface area contributed by atoms with Crippen molar-refractivity contribution in [1.29, 1.82) is 0 Å². The molecular weight excluding hydrogens is 378 g/mol. The highest BCUT2D eigenvalue weighted by atomic mass is 35.5. The molecule has 0 aliphatic carbocycles. The number of halogens is 1. The number of Topliss-reactive ketones (excluding diaryl/α,β-unsaturated/α-hetero) is 1. The molecule has 3 aromatic heterocycles. The first-order chi connectivity index (χ1) is 13.5. The molecule has 0 fully saturated rings. The molecule has 1 aromatic carbocycles. The lowest BCUT2D eigenvalue weighted by Gasteiger charge is -2.14. The Balaban J connectivity index is 2.08. The third kappa shape index (κ3) is 3.01. The lowest BCUT2D eigenvalue weighted by Crippen LogP contribution is -2.20. The normalized spacial score (nSPS) is 10.9. The van der Waals surface area contributed by atoms with Crippen LogP contribution in [0.3, 0.4) is 0 Å². The van der Waals surface area contributed by atoms with Gasteiger partial charge in [-0.1, -0.05) is 23.7 Å². The lowest BCUT2D eigenvalue weighted by molar-refractivity contribution is 0.101. The first-order valence-corrected chi connectivity index (χ1v) is 8.74. The molecule has 28 heavy (non-hydrogen) atoms. The number of nitrogens with two attached hydrogens (primary N) is 1. The Labute approximate surface area is 164 Å². The molecule has 0 atom stereocenters. The number of benzene rings is 1. The molecule has 7 nitrogen and oxygen atoms in total. The molecule has 4 rings (SSSR count). The molecule has 8 heteroatoms. The minimum Gasteiger partial charge on any atom is -0.382 e. The van der Waals surface area contributed by atoms with Crippen molar-refractivity contribution in [2.45, 2.75) is 6.92 Å². The second-order valence-electron chi connectivity index (χ2n) is 6.13. The minimum absolute atomic E-state index is 0.0325. The van der Waals surface area contributed by atoms with Crippen molar-refractivity contribution < 1.29 is 4.79 Å². The third-order valence-corrected chi connectivity index (χ3v) is 4.51. The first kappa shape index (κ1) is 17.8. The summed E-state index contributed by atoms with van der Waals surface area (Å²) in [5.41, 5.74) is 7.21. The van der Waals surface area contributed by atoms with Crippen molar-refractivity contribution in [2.75, 3.05) is 5.73 Å². The molecule has 0 bridgehead atoms. The highest BCUT2D eigenvalue weighted by Crippen LogP contribution is 2.32. The summed E-state index contributed by atoms with van der Waals surface area (Å²) in [6.07, 6.45) is 3.21. The largest absolute Gasteiger partial charge is 0.382 e. The Morgan fingerprint density at radius 2 is 1.96 bits per heavy atom. The SMILES string of the molecule is CC(=O)c1nc(-c2cc(Cl)c3ncccc3c2)c(-n2ccccc2=O)nc1N. The van der Waals surface area contributed by atoms with E-state index in [4.69, 9.17) is 17.3 Å². The van der Waals surface area contributed by atoms with Crippen molar-refractivity contribution >= 4 is 34.1 Å². The number of aromatic nitrogens is 4. The average molecular weight is 392 g/mol. The van der Waals surface area contributed by atoms with Crippen molar-refractivity contribution in [3.8, 4) is 17.1 Å². The van der Waals surface area contributed by atoms with Gasteiger partial charge in [0.1, 0.15) is 11.4 Å². The van der Waals surface area contributed by atoms with Crippen LogP contribution in [0.15, 0.2) is 59.7 Å². The van der Waals surface area contributed by atoms with Crippen LogP contribution >= 0.6 is 11.6 Å². The summed E-state index contributed by atoms with van der Waals surface area (Å²) >= 11 is 6.40. The van der Waals surface area contributed by atoms with Crippen LogP contribution < -0.4 is 11.3 Å². The summed E-state index contributed by atoms with van der Waals surface area (Å²) < 4.78 is 1.32. The molecule has 0 aliphatic rings. The van der Waals surface area contributed by atoms with Gasteiger partial charge < -0.3 is 5.73 Å². The van der Waals surface area contributed by atoms with E-state index in [9.17, 15) is 9.59 Å². The molecule has 0 saturated heterocycles. The van der Waals surface area contributed by atoms with E-state index in [0.29, 0.717) is 21.8 Å². The molecule has 0 unspecified atom stereocenters. The number of nitrogens with zero attached hydrogens (tertiary/aromatic N) is 4. The Morgan fingerprint density at radius 1 is 1.14 bits per heavy atom. The molecule has 0 amide bonds. The van der Waals surface area contributed by atoms with Gasteiger partial charge in [0.05, 0.1) is 10.5 Å². The molecule has 4 aromatic rings. The molecular formula is C20H14ClN5O2. The molecule has 0 spiro atoms. The predicted octanol–water partition coefficient (Wildman–Crippen LogP) is 3.28. The molecule has 0 saturated carbocycles. The van der Waals surface area contributed by atoms with Crippen LogP contribution in [0.25, 0.3) is 28.0 Å². The highest BCUT2D eigenvalue weighted by molar-refractivity contribution is 6.35. The Hall–Kier alpha value is -3.58. The zero-order valence-electron chi connectivity index (χ0n) is 14.8. The van der Waals surface area contributed by atoms with Gasteiger partial charge in [-0.05, 0) is 24.3 Å². The second kappa shape index (κ2) is 6.86. The Morgan fingerprint density at radius 3 is 2.71 bits per heavy atom. The van der Waals surface area contributed by atoms with Crippen molar-refractivity contribution in [2.24, 2.45) is 0 Å². The maximum atomic E-state index is 12.4. The van der Waals surface area contributed by atoms with Crippen LogP contribution in [-0.2, 0) is 0 Å². The van der Waals surface area contributed by atoms with Gasteiger partial charge in [-0.2, -0.15) is 0 Å². The van der Waals surface area contributed by atoms with E-state index in [1.807, 2.05) is 12.1 Å². The number of nitrogen functional groups attached to an aromatic ring is 1. The topological polar surface area (TPSA) is 104 Å². The van der Waals surface area contributed by atoms with E-state index in [1.165, 1.54) is 17.6 Å². The summed E-state index contributed by atoms with van der Waals surface area (Å²) in [6, 6.07) is 11.9. The zero-order chi connectivity index (χ0) is 19.8. The fourth-order valence-electron chi connectivity index (χ4n) is 2.95. The summed E-state index contributed by atoms with van der Waals surface area (Å²) in [7, 11) is 0. The van der Waals surface area contributed by atoms with Crippen molar-refractivity contribution in [1.82, 2.24) is 19.5 Å². The molecule has 3 heterocycles. The van der Waals surface area contributed by atoms with Gasteiger partial charge in [0.15, 0.2) is 17.4 Å². The standard InChI is InChI=1S/C20H14ClN5O2/c1-11(27)16-19(22)25-20(26-8-3-2-6-15(26)28)18(24-16)13-9-12-5-4-7-23-17(12)14(21)10-13/h2-10H,1H3,(H2,22,25). The van der Waals surface area contributed by atoms with Gasteiger partial charge in [0, 0.05) is 36.3 Å². The van der Waals surface area contributed by atoms with Gasteiger partial charge in [0.2, 0.25) is 0 Å². The van der Waals surface area contributed by atoms with Gasteiger partial charge in [-0.3, -0.25) is 19.1 Å². The van der Waals surface area contributed by atoms with E-state index >= 15 is 0 Å². The number of pyridine rings is 2. The van der Waals surface area contributed by atoms with Crippen molar-refractivity contribution in [3.05, 3.63) is 75.9 Å². The van der Waals surface area contributed by atoms with E-state index in [0.717, 1.165) is 5.39 Å². The van der Waals surface area contributed by atoms with Gasteiger partial charge >= 0.3 is 0 Å². The fourth-order valence-corrected chi connectivity index (χ4v) is 3.22. The monoisotopic (exact) mass is 391 g/mol. The molecule has 0 radical (unpaired) electrons. The summed E-state index contributed by atoms with van der Waals surface area (Å²) in [5, 5.41) is 1.21. The molecule has 2 N–H and O–H groups in total. The summed E-state index contributed by atoms with van der Waals surface area (Å²) in [4.78, 5) is 37.3. The van der Waals surface area contributed by atoms with Crippen LogP contribution in [0.1, 0.15) is 17.4 Å². The Kier molecular flexibility index (Phi) is 4.37. The maximum absolute atomic E-state index is 12.4. The lowest BCUT2D eigenvalue weighted by atomic mass is 10.1. The number of fused-ring (bicyclic) bond motifs is 1. The minimum atomic E-state index is -0.327. The van der Waals surface area contributed by atoms with Crippen LogP contribution in [0, 0.1) is 0 Å². The van der Waals surface area contributed by atoms with Crippen LogP contribution in [0.4, 0.5) is 5.82 Å². The number of carbonyl (C=O) groups excluding carboxylic acids is 1. The highest BCUT2D eigenvalue weighted by Gasteiger charge is 2.19. The number of hydrogen-bond donors (Lipinski definition) is 1. The number of carbonyl (C=O) groups is 1. The smallest absolute Gasteiger partial charge is 0.256 e. The zero-order valence-corrected chi connectivity index (χ0v) is 15.5. The quantitative estimate of drug-likeness (QED) is 0.537. The number of hydrogen-bond acceptors (Lipinski definition) is 6. The molecule has 0 aliphatic heterocycles. The Bertz CT molecular complexity index is 1300. The van der Waals surface area contributed by atoms with E-state index in [1.54, 1.807) is 36.7 Å².